The number of carbonyl (C=O) groups is 1. The molecule has 0 aromatic carbocycles. The highest BCUT2D eigenvalue weighted by molar-refractivity contribution is 6.27. The van der Waals surface area contributed by atoms with Gasteiger partial charge in [-0.1, -0.05) is 19.3 Å². The molecule has 0 aromatic heterocycles. The van der Waals surface area contributed by atoms with E-state index in [-0.39, 0.29) is 11.8 Å². The van der Waals surface area contributed by atoms with Crippen LogP contribution in [0.3, 0.4) is 0 Å². The Morgan fingerprint density at radius 3 is 2.69 bits per heavy atom. The van der Waals surface area contributed by atoms with Gasteiger partial charge in [0.15, 0.2) is 0 Å². The van der Waals surface area contributed by atoms with Gasteiger partial charge in [0.05, 0.1) is 0 Å². The van der Waals surface area contributed by atoms with Gasteiger partial charge in [-0.3, -0.25) is 4.79 Å². The van der Waals surface area contributed by atoms with Gasteiger partial charge < -0.3 is 10.2 Å². The molecule has 1 amide bonds. The number of rotatable bonds is 6. The molecule has 0 unspecified atom stereocenters. The average Bonchev–Trinajstić information content (AvgIpc) is 2.35. The molecule has 0 saturated heterocycles. The van der Waals surface area contributed by atoms with E-state index in [4.69, 9.17) is 11.6 Å². The van der Waals surface area contributed by atoms with Crippen molar-refractivity contribution in [1.29, 1.82) is 0 Å². The first-order valence-corrected chi connectivity index (χ1v) is 6.80. The fraction of sp³-hybridized carbons (Fsp3) is 0.917. The third-order valence-electron chi connectivity index (χ3n) is 3.33. The summed E-state index contributed by atoms with van der Waals surface area (Å²) in [7, 11) is 2.19. The van der Waals surface area contributed by atoms with E-state index in [1.54, 1.807) is 0 Å². The molecule has 0 bridgehead atoms. The molecule has 0 atom stereocenters. The van der Waals surface area contributed by atoms with Gasteiger partial charge in [-0.25, -0.2) is 0 Å². The Labute approximate surface area is 104 Å². The van der Waals surface area contributed by atoms with E-state index in [1.807, 2.05) is 0 Å². The molecule has 1 rings (SSSR count). The lowest BCUT2D eigenvalue weighted by atomic mass is 9.94. The van der Waals surface area contributed by atoms with Crippen LogP contribution < -0.4 is 5.32 Å². The first kappa shape index (κ1) is 13.8. The number of hydrogen-bond acceptors (Lipinski definition) is 2. The van der Waals surface area contributed by atoms with Crippen molar-refractivity contribution in [2.75, 3.05) is 26.0 Å². The molecule has 16 heavy (non-hydrogen) atoms. The number of amides is 1. The maximum atomic E-state index is 10.9. The van der Waals surface area contributed by atoms with Crippen molar-refractivity contribution >= 4 is 17.5 Å². The van der Waals surface area contributed by atoms with Gasteiger partial charge in [0, 0.05) is 12.6 Å². The van der Waals surface area contributed by atoms with Crippen LogP contribution in [-0.4, -0.2) is 42.9 Å². The Bertz CT molecular complexity index is 205. The minimum Gasteiger partial charge on any atom is -0.355 e. The molecule has 1 aliphatic carbocycles. The normalized spacial score (nSPS) is 17.7. The summed E-state index contributed by atoms with van der Waals surface area (Å²) in [5.41, 5.74) is 0. The maximum absolute atomic E-state index is 10.9. The summed E-state index contributed by atoms with van der Waals surface area (Å²) in [5, 5.41) is 2.79. The summed E-state index contributed by atoms with van der Waals surface area (Å²) in [4.78, 5) is 13.3. The lowest BCUT2D eigenvalue weighted by Gasteiger charge is -2.31. The average molecular weight is 247 g/mol. The second kappa shape index (κ2) is 7.91. The summed E-state index contributed by atoms with van der Waals surface area (Å²) in [5.74, 6) is 0.000315. The second-order valence-corrected chi connectivity index (χ2v) is 4.88. The van der Waals surface area contributed by atoms with Crippen LogP contribution in [0.4, 0.5) is 0 Å². The molecule has 1 fully saturated rings. The quantitative estimate of drug-likeness (QED) is 0.574. The number of alkyl halides is 1. The van der Waals surface area contributed by atoms with Gasteiger partial charge in [0.25, 0.3) is 0 Å². The van der Waals surface area contributed by atoms with E-state index in [9.17, 15) is 4.79 Å². The van der Waals surface area contributed by atoms with E-state index >= 15 is 0 Å². The minimum atomic E-state index is -0.0676. The van der Waals surface area contributed by atoms with Gasteiger partial charge in [-0.15, -0.1) is 11.6 Å². The summed E-state index contributed by atoms with van der Waals surface area (Å²) in [6.07, 6.45) is 7.83. The minimum absolute atomic E-state index is 0.0676. The Hall–Kier alpha value is -0.280. The van der Waals surface area contributed by atoms with E-state index in [0.717, 1.165) is 25.6 Å². The zero-order chi connectivity index (χ0) is 11.8. The van der Waals surface area contributed by atoms with Gasteiger partial charge in [0.1, 0.15) is 5.88 Å². The molecule has 0 spiro atoms. The number of nitrogens with one attached hydrogen (secondary N) is 1. The van der Waals surface area contributed by atoms with Crippen LogP contribution in [0.5, 0.6) is 0 Å². The van der Waals surface area contributed by atoms with Crippen LogP contribution in [0.25, 0.3) is 0 Å². The highest BCUT2D eigenvalue weighted by Gasteiger charge is 2.17. The van der Waals surface area contributed by atoms with Crippen molar-refractivity contribution in [3.8, 4) is 0 Å². The Morgan fingerprint density at radius 1 is 1.38 bits per heavy atom. The highest BCUT2D eigenvalue weighted by atomic mass is 35.5. The topological polar surface area (TPSA) is 32.3 Å². The van der Waals surface area contributed by atoms with Gasteiger partial charge in [-0.2, -0.15) is 0 Å². The lowest BCUT2D eigenvalue weighted by Crippen LogP contribution is -2.36. The van der Waals surface area contributed by atoms with Crippen molar-refractivity contribution in [2.45, 2.75) is 44.6 Å². The van der Waals surface area contributed by atoms with E-state index < -0.39 is 0 Å². The Morgan fingerprint density at radius 2 is 2.06 bits per heavy atom. The molecular formula is C12H23ClN2O. The maximum Gasteiger partial charge on any atom is 0.234 e. The number of nitrogens with zero attached hydrogens (tertiary/aromatic N) is 1. The first-order valence-electron chi connectivity index (χ1n) is 6.27. The predicted molar refractivity (Wildman–Crippen MR) is 67.8 cm³/mol. The number of hydrogen-bond donors (Lipinski definition) is 1. The molecule has 94 valence electrons. The molecule has 1 aliphatic rings. The van der Waals surface area contributed by atoms with Crippen molar-refractivity contribution in [2.24, 2.45) is 0 Å². The summed E-state index contributed by atoms with van der Waals surface area (Å²) in [6.45, 7) is 1.80. The summed E-state index contributed by atoms with van der Waals surface area (Å²) in [6, 6.07) is 0.762. The molecule has 1 N–H and O–H groups in total. The van der Waals surface area contributed by atoms with Gasteiger partial charge in [-0.05, 0) is 32.9 Å². The second-order valence-electron chi connectivity index (χ2n) is 4.61. The monoisotopic (exact) mass is 246 g/mol. The van der Waals surface area contributed by atoms with E-state index in [2.05, 4.69) is 17.3 Å². The Kier molecular flexibility index (Phi) is 6.81. The van der Waals surface area contributed by atoms with Crippen molar-refractivity contribution in [1.82, 2.24) is 10.2 Å². The van der Waals surface area contributed by atoms with Gasteiger partial charge >= 0.3 is 0 Å². The highest BCUT2D eigenvalue weighted by Crippen LogP contribution is 2.21. The third-order valence-corrected chi connectivity index (χ3v) is 3.57. The van der Waals surface area contributed by atoms with Crippen LogP contribution in [0, 0.1) is 0 Å². The number of halogens is 1. The first-order chi connectivity index (χ1) is 7.74. The predicted octanol–water partition coefficient (Wildman–Crippen LogP) is 2.00. The summed E-state index contributed by atoms with van der Waals surface area (Å²) < 4.78 is 0. The third kappa shape index (κ3) is 5.17. The Balaban J connectivity index is 2.05. The smallest absolute Gasteiger partial charge is 0.234 e. The zero-order valence-electron chi connectivity index (χ0n) is 10.2. The van der Waals surface area contributed by atoms with E-state index in [1.165, 1.54) is 32.1 Å². The molecule has 4 heteroatoms. The van der Waals surface area contributed by atoms with Crippen LogP contribution in [0.15, 0.2) is 0 Å². The molecule has 3 nitrogen and oxygen atoms in total. The van der Waals surface area contributed by atoms with Gasteiger partial charge in [0.2, 0.25) is 5.91 Å². The van der Waals surface area contributed by atoms with E-state index in [0.29, 0.717) is 0 Å². The molecule has 0 radical (unpaired) electrons. The summed E-state index contributed by atoms with van der Waals surface area (Å²) >= 11 is 5.39. The zero-order valence-corrected chi connectivity index (χ0v) is 10.9. The molecular weight excluding hydrogens is 224 g/mol. The van der Waals surface area contributed by atoms with Crippen LogP contribution >= 0.6 is 11.6 Å². The SMILES string of the molecule is CN(CCCNC(=O)CCl)C1CCCCC1. The fourth-order valence-corrected chi connectivity index (χ4v) is 2.40. The number of carbonyl (C=O) groups excluding carboxylic acids is 1. The largest absolute Gasteiger partial charge is 0.355 e. The van der Waals surface area contributed by atoms with Crippen LogP contribution in [-0.2, 0) is 4.79 Å². The van der Waals surface area contributed by atoms with Crippen LogP contribution in [0.1, 0.15) is 38.5 Å². The van der Waals surface area contributed by atoms with Crippen molar-refractivity contribution in [3.05, 3.63) is 0 Å². The standard InChI is InChI=1S/C12H23ClN2O/c1-15(11-6-3-2-4-7-11)9-5-8-14-12(16)10-13/h11H,2-10H2,1H3,(H,14,16). The lowest BCUT2D eigenvalue weighted by molar-refractivity contribution is -0.118. The molecule has 0 heterocycles. The molecule has 0 aromatic rings. The van der Waals surface area contributed by atoms with Crippen molar-refractivity contribution < 1.29 is 4.79 Å². The molecule has 0 aliphatic heterocycles. The van der Waals surface area contributed by atoms with Crippen LogP contribution in [0.2, 0.25) is 0 Å². The molecule has 1 saturated carbocycles. The fourth-order valence-electron chi connectivity index (χ4n) is 2.31. The van der Waals surface area contributed by atoms with Crippen molar-refractivity contribution in [3.63, 3.8) is 0 Å².